The Morgan fingerprint density at radius 2 is 1.65 bits per heavy atom. The molecule has 0 aromatic heterocycles. The fourth-order valence-corrected chi connectivity index (χ4v) is 9.10. The van der Waals surface area contributed by atoms with E-state index in [2.05, 4.69) is 27.7 Å². The van der Waals surface area contributed by atoms with Crippen LogP contribution in [0.25, 0.3) is 0 Å². The lowest BCUT2D eigenvalue weighted by atomic mass is 9.44. The summed E-state index contributed by atoms with van der Waals surface area (Å²) in [5.74, 6) is 1.98. The Morgan fingerprint density at radius 3 is 2.29 bits per heavy atom. The highest BCUT2D eigenvalue weighted by Gasteiger charge is 2.64. The van der Waals surface area contributed by atoms with E-state index in [1.54, 1.807) is 0 Å². The second-order valence-corrected chi connectivity index (χ2v) is 12.2. The van der Waals surface area contributed by atoms with E-state index in [0.29, 0.717) is 54.6 Å². The highest BCUT2D eigenvalue weighted by Crippen LogP contribution is 2.67. The standard InChI is InChI=1S/C28H44O6/c1-7-32-15-16(2)20-8-9-21-19-12-24(31)23-13-25(33-17(3)29)26(34-18(4)30)14-28(23,6)22(19)10-11-27(20,21)5/h16,19-23,25-26H,7-15H2,1-6H3/t16-,19+,20-,21+,22+,23-,25+,26-,27-,28-/m1/s1. The van der Waals surface area contributed by atoms with Crippen LogP contribution in [0.2, 0.25) is 0 Å². The number of hydrogen-bond acceptors (Lipinski definition) is 6. The van der Waals surface area contributed by atoms with E-state index in [4.69, 9.17) is 14.2 Å². The predicted octanol–water partition coefficient (Wildman–Crippen LogP) is 4.97. The van der Waals surface area contributed by atoms with Gasteiger partial charge in [-0.3, -0.25) is 14.4 Å². The van der Waals surface area contributed by atoms with Gasteiger partial charge in [-0.1, -0.05) is 20.8 Å². The molecule has 0 radical (unpaired) electrons. The van der Waals surface area contributed by atoms with Gasteiger partial charge in [0.15, 0.2) is 0 Å². The molecule has 0 spiro atoms. The smallest absolute Gasteiger partial charge is 0.303 e. The van der Waals surface area contributed by atoms with E-state index >= 15 is 0 Å². The molecule has 6 heteroatoms. The number of carbonyl (C=O) groups excluding carboxylic acids is 3. The van der Waals surface area contributed by atoms with Crippen molar-refractivity contribution in [3.05, 3.63) is 0 Å². The maximum Gasteiger partial charge on any atom is 0.303 e. The van der Waals surface area contributed by atoms with Crippen LogP contribution in [0.1, 0.15) is 86.5 Å². The number of rotatable bonds is 6. The van der Waals surface area contributed by atoms with Gasteiger partial charge in [0, 0.05) is 39.4 Å². The van der Waals surface area contributed by atoms with E-state index in [9.17, 15) is 14.4 Å². The second kappa shape index (κ2) is 9.55. The maximum atomic E-state index is 13.6. The van der Waals surface area contributed by atoms with Gasteiger partial charge < -0.3 is 14.2 Å². The van der Waals surface area contributed by atoms with Crippen molar-refractivity contribution in [2.45, 2.75) is 98.7 Å². The molecular weight excluding hydrogens is 432 g/mol. The monoisotopic (exact) mass is 476 g/mol. The van der Waals surface area contributed by atoms with Crippen LogP contribution in [0.15, 0.2) is 0 Å². The third kappa shape index (κ3) is 4.33. The summed E-state index contributed by atoms with van der Waals surface area (Å²) in [5.41, 5.74) is 0.0263. The zero-order valence-electron chi connectivity index (χ0n) is 21.9. The first-order chi connectivity index (χ1) is 16.0. The van der Waals surface area contributed by atoms with Crippen molar-refractivity contribution in [3.63, 3.8) is 0 Å². The Morgan fingerprint density at radius 1 is 1.00 bits per heavy atom. The Labute approximate surface area is 204 Å². The Balaban J connectivity index is 1.59. The summed E-state index contributed by atoms with van der Waals surface area (Å²) in [6.45, 7) is 13.5. The molecule has 10 atom stereocenters. The van der Waals surface area contributed by atoms with Gasteiger partial charge in [-0.25, -0.2) is 0 Å². The summed E-state index contributed by atoms with van der Waals surface area (Å²) >= 11 is 0. The molecule has 0 aliphatic heterocycles. The minimum atomic E-state index is -0.538. The van der Waals surface area contributed by atoms with E-state index in [-0.39, 0.29) is 22.7 Å². The maximum absolute atomic E-state index is 13.6. The number of Topliss-reactive ketones (excluding diaryl/α,β-unsaturated/α-hetero) is 1. The molecule has 4 fully saturated rings. The Bertz CT molecular complexity index is 809. The van der Waals surface area contributed by atoms with Crippen LogP contribution in [-0.2, 0) is 28.6 Å². The fraction of sp³-hybridized carbons (Fsp3) is 0.893. The SMILES string of the molecule is CCOC[C@@H](C)[C@H]1CC[C@H]2[C@@H]3CC(=O)[C@H]4C[C@H](OC(C)=O)[C@H](OC(C)=O)C[C@]4(C)[C@H]3CC[C@]12C. The van der Waals surface area contributed by atoms with E-state index in [1.165, 1.54) is 33.1 Å². The number of ether oxygens (including phenoxy) is 3. The van der Waals surface area contributed by atoms with Gasteiger partial charge >= 0.3 is 11.9 Å². The van der Waals surface area contributed by atoms with Crippen LogP contribution in [-0.4, -0.2) is 43.1 Å². The Hall–Kier alpha value is -1.43. The van der Waals surface area contributed by atoms with Crippen LogP contribution in [0.5, 0.6) is 0 Å². The molecule has 0 saturated heterocycles. The van der Waals surface area contributed by atoms with Crippen LogP contribution in [0.4, 0.5) is 0 Å². The minimum Gasteiger partial charge on any atom is -0.459 e. The molecule has 4 saturated carbocycles. The molecule has 0 aromatic rings. The van der Waals surface area contributed by atoms with Crippen LogP contribution in [0, 0.1) is 46.3 Å². The van der Waals surface area contributed by atoms with Crippen molar-refractivity contribution in [2.75, 3.05) is 13.2 Å². The van der Waals surface area contributed by atoms with Crippen molar-refractivity contribution >= 4 is 17.7 Å². The highest BCUT2D eigenvalue weighted by molar-refractivity contribution is 5.83. The molecule has 0 aromatic carbocycles. The zero-order chi connectivity index (χ0) is 24.8. The van der Waals surface area contributed by atoms with Crippen LogP contribution < -0.4 is 0 Å². The van der Waals surface area contributed by atoms with Gasteiger partial charge in [-0.2, -0.15) is 0 Å². The molecule has 6 nitrogen and oxygen atoms in total. The average molecular weight is 477 g/mol. The van der Waals surface area contributed by atoms with E-state index < -0.39 is 18.2 Å². The summed E-state index contributed by atoms with van der Waals surface area (Å²) in [6, 6.07) is 0. The molecule has 0 N–H and O–H groups in total. The van der Waals surface area contributed by atoms with Gasteiger partial charge in [0.2, 0.25) is 0 Å². The largest absolute Gasteiger partial charge is 0.459 e. The third-order valence-corrected chi connectivity index (χ3v) is 10.4. The number of ketones is 1. The fourth-order valence-electron chi connectivity index (χ4n) is 9.10. The number of fused-ring (bicyclic) bond motifs is 5. The molecule has 0 amide bonds. The van der Waals surface area contributed by atoms with Gasteiger partial charge in [0.25, 0.3) is 0 Å². The van der Waals surface area contributed by atoms with Crippen molar-refractivity contribution in [3.8, 4) is 0 Å². The molecule has 4 aliphatic carbocycles. The number of hydrogen-bond donors (Lipinski definition) is 0. The number of esters is 2. The van der Waals surface area contributed by atoms with Gasteiger partial charge in [0.1, 0.15) is 18.0 Å². The Kier molecular flexibility index (Phi) is 7.21. The molecule has 34 heavy (non-hydrogen) atoms. The topological polar surface area (TPSA) is 78.9 Å². The number of carbonyl (C=O) groups is 3. The molecule has 0 heterocycles. The van der Waals surface area contributed by atoms with Gasteiger partial charge in [-0.15, -0.1) is 0 Å². The lowest BCUT2D eigenvalue weighted by molar-refractivity contribution is -0.195. The first-order valence-corrected chi connectivity index (χ1v) is 13.5. The van der Waals surface area contributed by atoms with Gasteiger partial charge in [0.05, 0.1) is 0 Å². The summed E-state index contributed by atoms with van der Waals surface area (Å²) in [7, 11) is 0. The predicted molar refractivity (Wildman–Crippen MR) is 128 cm³/mol. The first-order valence-electron chi connectivity index (χ1n) is 13.5. The summed E-state index contributed by atoms with van der Waals surface area (Å²) < 4.78 is 17.0. The molecular formula is C28H44O6. The normalized spacial score (nSPS) is 44.4. The quantitative estimate of drug-likeness (QED) is 0.504. The van der Waals surface area contributed by atoms with Gasteiger partial charge in [-0.05, 0) is 85.9 Å². The van der Waals surface area contributed by atoms with Crippen molar-refractivity contribution in [1.29, 1.82) is 0 Å². The minimum absolute atomic E-state index is 0.136. The molecule has 0 unspecified atom stereocenters. The van der Waals surface area contributed by atoms with Crippen molar-refractivity contribution in [2.24, 2.45) is 46.3 Å². The highest BCUT2D eigenvalue weighted by atomic mass is 16.6. The summed E-state index contributed by atoms with van der Waals surface area (Å²) in [4.78, 5) is 37.3. The average Bonchev–Trinajstić information content (AvgIpc) is 3.10. The zero-order valence-corrected chi connectivity index (χ0v) is 21.9. The molecule has 4 rings (SSSR count). The third-order valence-electron chi connectivity index (χ3n) is 10.4. The molecule has 192 valence electrons. The van der Waals surface area contributed by atoms with E-state index in [1.807, 2.05) is 0 Å². The lowest BCUT2D eigenvalue weighted by Gasteiger charge is -2.61. The van der Waals surface area contributed by atoms with Crippen molar-refractivity contribution < 1.29 is 28.6 Å². The summed E-state index contributed by atoms with van der Waals surface area (Å²) in [5, 5.41) is 0. The van der Waals surface area contributed by atoms with Crippen molar-refractivity contribution in [1.82, 2.24) is 0 Å². The van der Waals surface area contributed by atoms with E-state index in [0.717, 1.165) is 19.6 Å². The molecule has 4 aliphatic rings. The lowest BCUT2D eigenvalue weighted by Crippen LogP contribution is -2.60. The first kappa shape index (κ1) is 25.7. The van der Waals surface area contributed by atoms with Crippen LogP contribution >= 0.6 is 0 Å². The summed E-state index contributed by atoms with van der Waals surface area (Å²) in [6.07, 6.45) is 5.38. The second-order valence-electron chi connectivity index (χ2n) is 12.2. The van der Waals surface area contributed by atoms with Crippen LogP contribution in [0.3, 0.4) is 0 Å². The molecule has 0 bridgehead atoms.